The second kappa shape index (κ2) is 4.28. The minimum Gasteiger partial charge on any atom is -0.353 e. The van der Waals surface area contributed by atoms with Crippen LogP contribution in [0, 0.1) is 5.41 Å². The second-order valence-electron chi connectivity index (χ2n) is 5.17. The van der Waals surface area contributed by atoms with Gasteiger partial charge < -0.3 is 5.32 Å². The van der Waals surface area contributed by atoms with Crippen molar-refractivity contribution in [3.63, 3.8) is 0 Å². The highest BCUT2D eigenvalue weighted by Crippen LogP contribution is 2.22. The van der Waals surface area contributed by atoms with Gasteiger partial charge >= 0.3 is 0 Å². The fourth-order valence-corrected chi connectivity index (χ4v) is 1.60. The van der Waals surface area contributed by atoms with Gasteiger partial charge in [-0.2, -0.15) is 0 Å². The molecular weight excluding hydrogens is 181 g/mol. The van der Waals surface area contributed by atoms with Gasteiger partial charge in [0.25, 0.3) is 0 Å². The van der Waals surface area contributed by atoms with Gasteiger partial charge in [-0.3, -0.25) is 4.79 Å². The zero-order valence-corrected chi connectivity index (χ0v) is 9.27. The molecule has 1 fully saturated rings. The van der Waals surface area contributed by atoms with E-state index < -0.39 is 6.17 Å². The maximum atomic E-state index is 12.8. The summed E-state index contributed by atoms with van der Waals surface area (Å²) in [5.74, 6) is 0.0693. The summed E-state index contributed by atoms with van der Waals surface area (Å²) in [7, 11) is 0. The largest absolute Gasteiger partial charge is 0.353 e. The molecule has 14 heavy (non-hydrogen) atoms. The summed E-state index contributed by atoms with van der Waals surface area (Å²) in [6, 6.07) is 0.189. The van der Waals surface area contributed by atoms with Crippen LogP contribution in [0.25, 0.3) is 0 Å². The first-order valence-electron chi connectivity index (χ1n) is 5.34. The minimum absolute atomic E-state index is 0.0693. The van der Waals surface area contributed by atoms with E-state index in [1.807, 2.05) is 20.8 Å². The fourth-order valence-electron chi connectivity index (χ4n) is 1.60. The summed E-state index contributed by atoms with van der Waals surface area (Å²) in [4.78, 5) is 11.6. The van der Waals surface area contributed by atoms with Crippen LogP contribution in [0.5, 0.6) is 0 Å². The maximum absolute atomic E-state index is 12.8. The molecular formula is C11H20FNO. The number of halogens is 1. The minimum atomic E-state index is -0.655. The molecule has 0 aromatic rings. The smallest absolute Gasteiger partial charge is 0.225 e. The molecule has 0 heterocycles. The standard InChI is InChI=1S/C11H20FNO/c1-11(2,3)10(14)13-9-6-4-8(12)5-7-9/h8-9H,4-7H2,1-3H3,(H,13,14). The van der Waals surface area contributed by atoms with E-state index in [-0.39, 0.29) is 17.4 Å². The Morgan fingerprint density at radius 3 is 2.14 bits per heavy atom. The predicted octanol–water partition coefficient (Wildman–Crippen LogP) is 2.43. The summed E-state index contributed by atoms with van der Waals surface area (Å²) in [5, 5.41) is 2.97. The van der Waals surface area contributed by atoms with Crippen molar-refractivity contribution >= 4 is 5.91 Å². The summed E-state index contributed by atoms with van der Waals surface area (Å²) >= 11 is 0. The topological polar surface area (TPSA) is 29.1 Å². The third kappa shape index (κ3) is 3.28. The highest BCUT2D eigenvalue weighted by molar-refractivity contribution is 5.81. The molecule has 82 valence electrons. The molecule has 0 saturated heterocycles. The first kappa shape index (κ1) is 11.5. The van der Waals surface area contributed by atoms with Crippen LogP contribution in [-0.4, -0.2) is 18.1 Å². The number of hydrogen-bond donors (Lipinski definition) is 1. The quantitative estimate of drug-likeness (QED) is 0.693. The van der Waals surface area contributed by atoms with Crippen LogP contribution in [0.4, 0.5) is 4.39 Å². The van der Waals surface area contributed by atoms with Gasteiger partial charge in [0.15, 0.2) is 0 Å². The van der Waals surface area contributed by atoms with Crippen molar-refractivity contribution in [3.8, 4) is 0 Å². The Bertz CT molecular complexity index is 202. The summed E-state index contributed by atoms with van der Waals surface area (Å²) in [5.41, 5.74) is -0.341. The van der Waals surface area contributed by atoms with E-state index in [0.717, 1.165) is 12.8 Å². The summed E-state index contributed by atoms with van der Waals surface area (Å²) in [6.07, 6.45) is 2.09. The van der Waals surface area contributed by atoms with Gasteiger partial charge in [0.05, 0.1) is 0 Å². The lowest BCUT2D eigenvalue weighted by Gasteiger charge is -2.28. The summed E-state index contributed by atoms with van der Waals surface area (Å²) < 4.78 is 12.8. The molecule has 0 unspecified atom stereocenters. The third-order valence-corrected chi connectivity index (χ3v) is 2.67. The average molecular weight is 201 g/mol. The molecule has 1 aliphatic rings. The van der Waals surface area contributed by atoms with Gasteiger partial charge in [0.1, 0.15) is 6.17 Å². The molecule has 0 atom stereocenters. The van der Waals surface area contributed by atoms with E-state index in [2.05, 4.69) is 5.32 Å². The van der Waals surface area contributed by atoms with Crippen molar-refractivity contribution in [2.75, 3.05) is 0 Å². The Kier molecular flexibility index (Phi) is 3.51. The predicted molar refractivity (Wildman–Crippen MR) is 54.7 cm³/mol. The highest BCUT2D eigenvalue weighted by atomic mass is 19.1. The molecule has 1 rings (SSSR count). The van der Waals surface area contributed by atoms with Crippen LogP contribution >= 0.6 is 0 Å². The molecule has 2 nitrogen and oxygen atoms in total. The monoisotopic (exact) mass is 201 g/mol. The molecule has 0 aliphatic heterocycles. The van der Waals surface area contributed by atoms with Crippen LogP contribution in [0.1, 0.15) is 46.5 Å². The van der Waals surface area contributed by atoms with Gasteiger partial charge in [-0.25, -0.2) is 4.39 Å². The Morgan fingerprint density at radius 2 is 1.71 bits per heavy atom. The molecule has 0 aromatic carbocycles. The molecule has 3 heteroatoms. The van der Waals surface area contributed by atoms with Gasteiger partial charge in [-0.05, 0) is 25.7 Å². The Balaban J connectivity index is 2.35. The summed E-state index contributed by atoms with van der Waals surface area (Å²) in [6.45, 7) is 5.68. The van der Waals surface area contributed by atoms with Crippen molar-refractivity contribution in [2.24, 2.45) is 5.41 Å². The first-order valence-corrected chi connectivity index (χ1v) is 5.34. The average Bonchev–Trinajstić information content (AvgIpc) is 2.07. The zero-order valence-electron chi connectivity index (χ0n) is 9.27. The molecule has 0 bridgehead atoms. The molecule has 0 spiro atoms. The Hall–Kier alpha value is -0.600. The number of rotatable bonds is 1. The number of amides is 1. The number of alkyl halides is 1. The van der Waals surface area contributed by atoms with Gasteiger partial charge in [-0.15, -0.1) is 0 Å². The van der Waals surface area contributed by atoms with Crippen LogP contribution in [-0.2, 0) is 4.79 Å². The van der Waals surface area contributed by atoms with Crippen molar-refractivity contribution in [1.29, 1.82) is 0 Å². The van der Waals surface area contributed by atoms with Crippen molar-refractivity contribution in [3.05, 3.63) is 0 Å². The molecule has 1 amide bonds. The van der Waals surface area contributed by atoms with E-state index >= 15 is 0 Å². The first-order chi connectivity index (χ1) is 6.39. The van der Waals surface area contributed by atoms with Crippen molar-refractivity contribution in [2.45, 2.75) is 58.7 Å². The second-order valence-corrected chi connectivity index (χ2v) is 5.17. The highest BCUT2D eigenvalue weighted by Gasteiger charge is 2.26. The maximum Gasteiger partial charge on any atom is 0.225 e. The molecule has 1 N–H and O–H groups in total. The van der Waals surface area contributed by atoms with Gasteiger partial charge in [0, 0.05) is 11.5 Å². The van der Waals surface area contributed by atoms with Crippen LogP contribution in [0.3, 0.4) is 0 Å². The number of nitrogens with one attached hydrogen (secondary N) is 1. The van der Waals surface area contributed by atoms with Crippen LogP contribution in [0.2, 0.25) is 0 Å². The number of carbonyl (C=O) groups is 1. The number of hydrogen-bond acceptors (Lipinski definition) is 1. The lowest BCUT2D eigenvalue weighted by Crippen LogP contribution is -2.43. The third-order valence-electron chi connectivity index (χ3n) is 2.67. The normalized spacial score (nSPS) is 28.6. The van der Waals surface area contributed by atoms with Crippen LogP contribution in [0.15, 0.2) is 0 Å². The van der Waals surface area contributed by atoms with E-state index in [1.54, 1.807) is 0 Å². The van der Waals surface area contributed by atoms with E-state index in [1.165, 1.54) is 0 Å². The van der Waals surface area contributed by atoms with Crippen LogP contribution < -0.4 is 5.32 Å². The lowest BCUT2D eigenvalue weighted by molar-refractivity contribution is -0.129. The molecule has 0 aromatic heterocycles. The SMILES string of the molecule is CC(C)(C)C(=O)NC1CCC(F)CC1. The van der Waals surface area contributed by atoms with Crippen molar-refractivity contribution in [1.82, 2.24) is 5.32 Å². The molecule has 1 aliphatic carbocycles. The van der Waals surface area contributed by atoms with Crippen molar-refractivity contribution < 1.29 is 9.18 Å². The van der Waals surface area contributed by atoms with Gasteiger partial charge in [0.2, 0.25) is 5.91 Å². The van der Waals surface area contributed by atoms with Gasteiger partial charge in [-0.1, -0.05) is 20.8 Å². The molecule has 1 saturated carbocycles. The zero-order chi connectivity index (χ0) is 10.8. The lowest BCUT2D eigenvalue weighted by atomic mass is 9.91. The van der Waals surface area contributed by atoms with E-state index in [4.69, 9.17) is 0 Å². The van der Waals surface area contributed by atoms with E-state index in [9.17, 15) is 9.18 Å². The van der Waals surface area contributed by atoms with E-state index in [0.29, 0.717) is 12.8 Å². The fraction of sp³-hybridized carbons (Fsp3) is 0.909. The Labute approximate surface area is 85.3 Å². The Morgan fingerprint density at radius 1 is 1.21 bits per heavy atom. The molecule has 0 radical (unpaired) electrons. The number of carbonyl (C=O) groups excluding carboxylic acids is 1.